The summed E-state index contributed by atoms with van der Waals surface area (Å²) in [6, 6.07) is 4.55. The largest absolute Gasteiger partial charge is 0.497 e. The normalized spacial score (nSPS) is 11.3. The van der Waals surface area contributed by atoms with Gasteiger partial charge in [-0.05, 0) is 30.7 Å². The molecule has 0 unspecified atom stereocenters. The first kappa shape index (κ1) is 20.0. The SMILES string of the molecule is CCOC(=O)C[C@@H](NC(=O)COC(C)=O)c1cc(OC)ccc1Br. The molecule has 0 saturated heterocycles. The standard InChI is InChI=1S/C16H20BrNO6/c1-4-23-16(21)8-14(18-15(20)9-24-10(2)19)12-7-11(22-3)5-6-13(12)17/h5-7,14H,4,8-9H2,1-3H3,(H,18,20)/t14-/m1/s1. The predicted molar refractivity (Wildman–Crippen MR) is 89.5 cm³/mol. The fourth-order valence-electron chi connectivity index (χ4n) is 1.94. The Hall–Kier alpha value is -2.09. The molecule has 0 aliphatic heterocycles. The minimum absolute atomic E-state index is 0.0641. The molecule has 1 N–H and O–H groups in total. The summed E-state index contributed by atoms with van der Waals surface area (Å²) in [6.07, 6.45) is -0.0641. The molecular weight excluding hydrogens is 382 g/mol. The number of methoxy groups -OCH3 is 1. The molecule has 0 aliphatic carbocycles. The van der Waals surface area contributed by atoms with E-state index in [1.54, 1.807) is 25.1 Å². The Morgan fingerprint density at radius 2 is 1.96 bits per heavy atom. The van der Waals surface area contributed by atoms with E-state index in [1.165, 1.54) is 14.0 Å². The Labute approximate surface area is 148 Å². The number of ether oxygens (including phenoxy) is 3. The molecule has 0 saturated carbocycles. The van der Waals surface area contributed by atoms with Crippen LogP contribution in [0, 0.1) is 0 Å². The summed E-state index contributed by atoms with van der Waals surface area (Å²) in [7, 11) is 1.52. The third-order valence-electron chi connectivity index (χ3n) is 3.00. The van der Waals surface area contributed by atoms with Crippen molar-refractivity contribution in [2.75, 3.05) is 20.3 Å². The number of amides is 1. The van der Waals surface area contributed by atoms with Gasteiger partial charge in [-0.25, -0.2) is 0 Å². The van der Waals surface area contributed by atoms with Gasteiger partial charge in [0.2, 0.25) is 0 Å². The molecule has 0 radical (unpaired) electrons. The molecule has 1 aromatic carbocycles. The number of hydrogen-bond donors (Lipinski definition) is 1. The Bertz CT molecular complexity index is 604. The summed E-state index contributed by atoms with van der Waals surface area (Å²) in [4.78, 5) is 34.6. The van der Waals surface area contributed by atoms with Crippen molar-refractivity contribution < 1.29 is 28.6 Å². The van der Waals surface area contributed by atoms with Gasteiger partial charge in [-0.1, -0.05) is 15.9 Å². The highest BCUT2D eigenvalue weighted by molar-refractivity contribution is 9.10. The first-order chi connectivity index (χ1) is 11.4. The quantitative estimate of drug-likeness (QED) is 0.670. The maximum Gasteiger partial charge on any atom is 0.308 e. The van der Waals surface area contributed by atoms with E-state index < -0.39 is 30.5 Å². The highest BCUT2D eigenvalue weighted by Crippen LogP contribution is 2.30. The zero-order valence-corrected chi connectivity index (χ0v) is 15.3. The molecule has 8 heteroatoms. The number of carbonyl (C=O) groups is 3. The van der Waals surface area contributed by atoms with Crippen molar-refractivity contribution in [3.63, 3.8) is 0 Å². The van der Waals surface area contributed by atoms with Crippen LogP contribution in [-0.4, -0.2) is 38.2 Å². The lowest BCUT2D eigenvalue weighted by molar-refractivity contribution is -0.147. The van der Waals surface area contributed by atoms with Crippen LogP contribution >= 0.6 is 15.9 Å². The maximum absolute atomic E-state index is 11.9. The highest BCUT2D eigenvalue weighted by Gasteiger charge is 2.22. The first-order valence-corrected chi connectivity index (χ1v) is 8.08. The van der Waals surface area contributed by atoms with Gasteiger partial charge in [0.05, 0.1) is 26.2 Å². The number of nitrogens with one attached hydrogen (secondary N) is 1. The minimum Gasteiger partial charge on any atom is -0.497 e. The molecule has 0 fully saturated rings. The number of hydrogen-bond acceptors (Lipinski definition) is 6. The van der Waals surface area contributed by atoms with Gasteiger partial charge in [0, 0.05) is 11.4 Å². The van der Waals surface area contributed by atoms with Crippen molar-refractivity contribution in [2.24, 2.45) is 0 Å². The van der Waals surface area contributed by atoms with Crippen LogP contribution in [0.1, 0.15) is 31.9 Å². The zero-order chi connectivity index (χ0) is 18.1. The Morgan fingerprint density at radius 3 is 2.54 bits per heavy atom. The zero-order valence-electron chi connectivity index (χ0n) is 13.8. The lowest BCUT2D eigenvalue weighted by Gasteiger charge is -2.20. The number of benzene rings is 1. The van der Waals surface area contributed by atoms with E-state index in [4.69, 9.17) is 9.47 Å². The van der Waals surface area contributed by atoms with Crippen LogP contribution in [0.15, 0.2) is 22.7 Å². The predicted octanol–water partition coefficient (Wildman–Crippen LogP) is 2.13. The summed E-state index contributed by atoms with van der Waals surface area (Å²) in [5, 5.41) is 2.67. The molecule has 1 rings (SSSR count). The summed E-state index contributed by atoms with van der Waals surface area (Å²) >= 11 is 3.40. The van der Waals surface area contributed by atoms with E-state index in [9.17, 15) is 14.4 Å². The van der Waals surface area contributed by atoms with Gasteiger partial charge < -0.3 is 19.5 Å². The van der Waals surface area contributed by atoms with Crippen molar-refractivity contribution in [1.29, 1.82) is 0 Å². The molecule has 1 aromatic rings. The van der Waals surface area contributed by atoms with Crippen molar-refractivity contribution >= 4 is 33.8 Å². The second kappa shape index (κ2) is 9.92. The smallest absolute Gasteiger partial charge is 0.308 e. The van der Waals surface area contributed by atoms with E-state index >= 15 is 0 Å². The van der Waals surface area contributed by atoms with Gasteiger partial charge in [0.15, 0.2) is 6.61 Å². The lowest BCUT2D eigenvalue weighted by Crippen LogP contribution is -2.34. The summed E-state index contributed by atoms with van der Waals surface area (Å²) in [6.45, 7) is 2.73. The Kier molecular flexibility index (Phi) is 8.25. The molecule has 0 aromatic heterocycles. The van der Waals surface area contributed by atoms with E-state index in [-0.39, 0.29) is 13.0 Å². The monoisotopic (exact) mass is 401 g/mol. The molecule has 1 amide bonds. The van der Waals surface area contributed by atoms with Crippen molar-refractivity contribution in [3.05, 3.63) is 28.2 Å². The van der Waals surface area contributed by atoms with Crippen LogP contribution < -0.4 is 10.1 Å². The van der Waals surface area contributed by atoms with Crippen molar-refractivity contribution in [1.82, 2.24) is 5.32 Å². The first-order valence-electron chi connectivity index (χ1n) is 7.29. The fraction of sp³-hybridized carbons (Fsp3) is 0.438. The maximum atomic E-state index is 11.9. The molecule has 0 aliphatic rings. The van der Waals surface area contributed by atoms with E-state index in [0.717, 1.165) is 0 Å². The van der Waals surface area contributed by atoms with E-state index in [0.29, 0.717) is 15.8 Å². The topological polar surface area (TPSA) is 90.9 Å². The van der Waals surface area contributed by atoms with Crippen LogP contribution in [0.3, 0.4) is 0 Å². The van der Waals surface area contributed by atoms with Crippen molar-refractivity contribution in [2.45, 2.75) is 26.3 Å². The number of rotatable bonds is 8. The van der Waals surface area contributed by atoms with Gasteiger partial charge in [0.25, 0.3) is 5.91 Å². The van der Waals surface area contributed by atoms with Crippen LogP contribution in [-0.2, 0) is 23.9 Å². The average molecular weight is 402 g/mol. The fourth-order valence-corrected chi connectivity index (χ4v) is 2.47. The second-order valence-electron chi connectivity index (χ2n) is 4.80. The highest BCUT2D eigenvalue weighted by atomic mass is 79.9. The molecule has 1 atom stereocenters. The summed E-state index contributed by atoms with van der Waals surface area (Å²) in [5.41, 5.74) is 0.651. The Morgan fingerprint density at radius 1 is 1.25 bits per heavy atom. The van der Waals surface area contributed by atoms with Gasteiger partial charge >= 0.3 is 11.9 Å². The van der Waals surface area contributed by atoms with E-state index in [1.807, 2.05) is 0 Å². The summed E-state index contributed by atoms with van der Waals surface area (Å²) < 4.78 is 15.5. The van der Waals surface area contributed by atoms with Crippen LogP contribution in [0.4, 0.5) is 0 Å². The lowest BCUT2D eigenvalue weighted by atomic mass is 10.0. The van der Waals surface area contributed by atoms with Gasteiger partial charge in [-0.3, -0.25) is 14.4 Å². The average Bonchev–Trinajstić information content (AvgIpc) is 2.53. The third-order valence-corrected chi connectivity index (χ3v) is 3.72. The third kappa shape index (κ3) is 6.57. The summed E-state index contributed by atoms with van der Waals surface area (Å²) in [5.74, 6) is -0.954. The molecule has 0 heterocycles. The molecular formula is C16H20BrNO6. The van der Waals surface area contributed by atoms with E-state index in [2.05, 4.69) is 26.0 Å². The second-order valence-corrected chi connectivity index (χ2v) is 5.65. The van der Waals surface area contributed by atoms with Crippen LogP contribution in [0.5, 0.6) is 5.75 Å². The van der Waals surface area contributed by atoms with Crippen LogP contribution in [0.2, 0.25) is 0 Å². The van der Waals surface area contributed by atoms with Gasteiger partial charge in [0.1, 0.15) is 5.75 Å². The molecule has 7 nitrogen and oxygen atoms in total. The number of halogens is 1. The molecule has 0 bridgehead atoms. The van der Waals surface area contributed by atoms with Gasteiger partial charge in [-0.2, -0.15) is 0 Å². The van der Waals surface area contributed by atoms with Crippen molar-refractivity contribution in [3.8, 4) is 5.75 Å². The van der Waals surface area contributed by atoms with Crippen LogP contribution in [0.25, 0.3) is 0 Å². The van der Waals surface area contributed by atoms with Gasteiger partial charge in [-0.15, -0.1) is 0 Å². The molecule has 132 valence electrons. The number of carbonyl (C=O) groups excluding carboxylic acids is 3. The number of esters is 2. The Balaban J connectivity index is 2.98. The molecule has 0 spiro atoms. The molecule has 24 heavy (non-hydrogen) atoms. The minimum atomic E-state index is -0.656.